The first kappa shape index (κ1) is 21.3. The van der Waals surface area contributed by atoms with Crippen LogP contribution < -0.4 is 10.7 Å². The van der Waals surface area contributed by atoms with E-state index in [-0.39, 0.29) is 16.8 Å². The number of hydrogen-bond acceptors (Lipinski definition) is 3. The van der Waals surface area contributed by atoms with E-state index < -0.39 is 5.82 Å². The van der Waals surface area contributed by atoms with Crippen LogP contribution in [0.5, 0.6) is 0 Å². The number of amides is 2. The van der Waals surface area contributed by atoms with E-state index in [4.69, 9.17) is 11.6 Å². The highest BCUT2D eigenvalue weighted by atomic mass is 35.5. The van der Waals surface area contributed by atoms with Crippen LogP contribution in [-0.4, -0.2) is 22.6 Å². The fourth-order valence-corrected chi connectivity index (χ4v) is 3.25. The quantitative estimate of drug-likeness (QED) is 0.461. The molecule has 8 heteroatoms. The van der Waals surface area contributed by atoms with E-state index in [1.54, 1.807) is 42.6 Å². The third-order valence-corrected chi connectivity index (χ3v) is 4.76. The van der Waals surface area contributed by atoms with Crippen molar-refractivity contribution in [1.29, 1.82) is 0 Å². The van der Waals surface area contributed by atoms with E-state index >= 15 is 0 Å². The second-order valence-electron chi connectivity index (χ2n) is 6.72. The molecule has 0 aliphatic carbocycles. The van der Waals surface area contributed by atoms with Crippen LogP contribution >= 0.6 is 11.6 Å². The number of hydrazone groups is 1. The fraction of sp³-hybridized carbons (Fsp3) is 0.136. The SMILES string of the molecule is CC(=O)Nc1ccc(C(=O)NN=Cc2cc(C)n(-c3ccc(F)c(Cl)c3)c2C)cc1. The average Bonchev–Trinajstić information content (AvgIpc) is 2.97. The van der Waals surface area contributed by atoms with Crippen LogP contribution in [0.4, 0.5) is 10.1 Å². The Morgan fingerprint density at radius 3 is 2.43 bits per heavy atom. The lowest BCUT2D eigenvalue weighted by atomic mass is 10.2. The maximum absolute atomic E-state index is 13.5. The number of aromatic nitrogens is 1. The molecule has 0 radical (unpaired) electrons. The van der Waals surface area contributed by atoms with E-state index in [1.165, 1.54) is 13.0 Å². The molecular formula is C22H20ClFN4O2. The zero-order chi connectivity index (χ0) is 21.8. The monoisotopic (exact) mass is 426 g/mol. The minimum absolute atomic E-state index is 0.0481. The molecule has 0 unspecified atom stereocenters. The Hall–Kier alpha value is -3.45. The molecule has 3 aromatic rings. The molecule has 0 bridgehead atoms. The smallest absolute Gasteiger partial charge is 0.271 e. The first-order valence-electron chi connectivity index (χ1n) is 9.11. The number of carbonyl (C=O) groups is 2. The van der Waals surface area contributed by atoms with Gasteiger partial charge in [-0.2, -0.15) is 5.10 Å². The van der Waals surface area contributed by atoms with Crippen LogP contribution in [0, 0.1) is 19.7 Å². The Morgan fingerprint density at radius 1 is 1.10 bits per heavy atom. The number of rotatable bonds is 5. The van der Waals surface area contributed by atoms with Crippen molar-refractivity contribution in [2.75, 3.05) is 5.32 Å². The standard InChI is InChI=1S/C22H20ClFN4O2/c1-13-10-17(14(2)28(13)19-8-9-21(24)20(23)11-19)12-25-27-22(30)16-4-6-18(7-5-16)26-15(3)29/h4-12H,1-3H3,(H,26,29)(H,27,30). The number of carbonyl (C=O) groups excluding carboxylic acids is 2. The minimum atomic E-state index is -0.475. The molecule has 0 aliphatic rings. The highest BCUT2D eigenvalue weighted by Gasteiger charge is 2.11. The van der Waals surface area contributed by atoms with Crippen molar-refractivity contribution in [3.05, 3.63) is 81.9 Å². The summed E-state index contributed by atoms with van der Waals surface area (Å²) in [5.74, 6) is -1.03. The van der Waals surface area contributed by atoms with Gasteiger partial charge >= 0.3 is 0 Å². The van der Waals surface area contributed by atoms with Gasteiger partial charge in [0.2, 0.25) is 5.91 Å². The normalized spacial score (nSPS) is 11.0. The van der Waals surface area contributed by atoms with Gasteiger partial charge < -0.3 is 9.88 Å². The summed E-state index contributed by atoms with van der Waals surface area (Å²) in [6.07, 6.45) is 1.55. The zero-order valence-corrected chi connectivity index (χ0v) is 17.4. The van der Waals surface area contributed by atoms with Crippen molar-refractivity contribution in [3.63, 3.8) is 0 Å². The third kappa shape index (κ3) is 4.75. The topological polar surface area (TPSA) is 75.5 Å². The Labute approximate surface area is 178 Å². The van der Waals surface area contributed by atoms with Crippen LogP contribution in [0.1, 0.15) is 34.2 Å². The number of halogens is 2. The predicted molar refractivity (Wildman–Crippen MR) is 116 cm³/mol. The summed E-state index contributed by atoms with van der Waals surface area (Å²) in [7, 11) is 0. The minimum Gasteiger partial charge on any atom is -0.326 e. The van der Waals surface area contributed by atoms with Crippen molar-refractivity contribution in [3.8, 4) is 5.69 Å². The number of benzene rings is 2. The lowest BCUT2D eigenvalue weighted by molar-refractivity contribution is -0.114. The van der Waals surface area contributed by atoms with Crippen molar-refractivity contribution in [1.82, 2.24) is 9.99 Å². The molecule has 3 rings (SSSR count). The molecule has 1 aromatic heterocycles. The van der Waals surface area contributed by atoms with Gasteiger partial charge in [0.1, 0.15) is 5.82 Å². The average molecular weight is 427 g/mol. The summed E-state index contributed by atoms with van der Waals surface area (Å²) in [6, 6.07) is 12.9. The van der Waals surface area contributed by atoms with Crippen LogP contribution in [-0.2, 0) is 4.79 Å². The Balaban J connectivity index is 1.73. The summed E-state index contributed by atoms with van der Waals surface area (Å²) in [5, 5.41) is 6.72. The summed E-state index contributed by atoms with van der Waals surface area (Å²) in [6.45, 7) is 5.22. The lowest BCUT2D eigenvalue weighted by Gasteiger charge is -2.10. The maximum Gasteiger partial charge on any atom is 0.271 e. The van der Waals surface area contributed by atoms with E-state index in [0.29, 0.717) is 11.3 Å². The molecule has 0 spiro atoms. The molecule has 0 saturated heterocycles. The summed E-state index contributed by atoms with van der Waals surface area (Å²) in [5.41, 5.74) is 6.82. The number of nitrogens with zero attached hydrogens (tertiary/aromatic N) is 2. The van der Waals surface area contributed by atoms with Crippen molar-refractivity contribution in [2.45, 2.75) is 20.8 Å². The molecule has 2 amide bonds. The number of nitrogens with one attached hydrogen (secondary N) is 2. The molecular weight excluding hydrogens is 407 g/mol. The predicted octanol–water partition coefficient (Wildman–Crippen LogP) is 4.61. The van der Waals surface area contributed by atoms with E-state index in [1.807, 2.05) is 24.5 Å². The first-order chi connectivity index (χ1) is 14.3. The number of aryl methyl sites for hydroxylation is 1. The second kappa shape index (κ2) is 8.92. The molecule has 6 nitrogen and oxygen atoms in total. The van der Waals surface area contributed by atoms with Gasteiger partial charge in [0, 0.05) is 40.8 Å². The van der Waals surface area contributed by atoms with Gasteiger partial charge in [0.15, 0.2) is 0 Å². The Morgan fingerprint density at radius 2 is 1.80 bits per heavy atom. The van der Waals surface area contributed by atoms with Gasteiger partial charge in [-0.25, -0.2) is 9.82 Å². The van der Waals surface area contributed by atoms with Gasteiger partial charge in [-0.15, -0.1) is 0 Å². The second-order valence-corrected chi connectivity index (χ2v) is 7.13. The molecule has 1 heterocycles. The molecule has 30 heavy (non-hydrogen) atoms. The molecule has 2 aromatic carbocycles. The van der Waals surface area contributed by atoms with Gasteiger partial charge in [0.05, 0.1) is 11.2 Å². The van der Waals surface area contributed by atoms with Gasteiger partial charge in [0.25, 0.3) is 5.91 Å². The van der Waals surface area contributed by atoms with Crippen LogP contribution in [0.15, 0.2) is 53.6 Å². The van der Waals surface area contributed by atoms with Crippen molar-refractivity contribution >= 4 is 35.3 Å². The van der Waals surface area contributed by atoms with Crippen molar-refractivity contribution < 1.29 is 14.0 Å². The first-order valence-corrected chi connectivity index (χ1v) is 9.49. The van der Waals surface area contributed by atoms with Gasteiger partial charge in [-0.3, -0.25) is 9.59 Å². The van der Waals surface area contributed by atoms with Gasteiger partial charge in [-0.1, -0.05) is 11.6 Å². The fourth-order valence-electron chi connectivity index (χ4n) is 3.07. The van der Waals surface area contributed by atoms with Crippen LogP contribution in [0.2, 0.25) is 5.02 Å². The highest BCUT2D eigenvalue weighted by Crippen LogP contribution is 2.24. The Bertz CT molecular complexity index is 1140. The third-order valence-electron chi connectivity index (χ3n) is 4.47. The molecule has 2 N–H and O–H groups in total. The van der Waals surface area contributed by atoms with E-state index in [0.717, 1.165) is 22.6 Å². The zero-order valence-electron chi connectivity index (χ0n) is 16.7. The lowest BCUT2D eigenvalue weighted by Crippen LogP contribution is -2.17. The largest absolute Gasteiger partial charge is 0.326 e. The van der Waals surface area contributed by atoms with E-state index in [2.05, 4.69) is 15.8 Å². The number of anilines is 1. The molecule has 0 fully saturated rings. The summed E-state index contributed by atoms with van der Waals surface area (Å²) < 4.78 is 15.4. The highest BCUT2D eigenvalue weighted by molar-refractivity contribution is 6.30. The summed E-state index contributed by atoms with van der Waals surface area (Å²) in [4.78, 5) is 23.3. The molecule has 154 valence electrons. The van der Waals surface area contributed by atoms with E-state index in [9.17, 15) is 14.0 Å². The van der Waals surface area contributed by atoms with Gasteiger partial charge in [-0.05, 0) is 62.4 Å². The van der Waals surface area contributed by atoms with Crippen LogP contribution in [0.25, 0.3) is 5.69 Å². The maximum atomic E-state index is 13.5. The molecule has 0 atom stereocenters. The molecule has 0 aliphatic heterocycles. The van der Waals surface area contributed by atoms with Crippen molar-refractivity contribution in [2.24, 2.45) is 5.10 Å². The number of hydrogen-bond donors (Lipinski definition) is 2. The Kier molecular flexibility index (Phi) is 6.32. The molecule has 0 saturated carbocycles. The van der Waals surface area contributed by atoms with Crippen LogP contribution in [0.3, 0.4) is 0 Å². The summed E-state index contributed by atoms with van der Waals surface area (Å²) >= 11 is 5.90.